The lowest BCUT2D eigenvalue weighted by atomic mass is 10.0. The second-order valence-corrected chi connectivity index (χ2v) is 9.16. The quantitative estimate of drug-likeness (QED) is 0.522. The Morgan fingerprint density at radius 3 is 2.35 bits per heavy atom. The first kappa shape index (κ1) is 22.7. The zero-order valence-electron chi connectivity index (χ0n) is 18.8. The maximum atomic E-state index is 12.7. The van der Waals surface area contributed by atoms with Gasteiger partial charge in [-0.1, -0.05) is 38.9 Å². The Morgan fingerprint density at radius 2 is 1.84 bits per heavy atom. The Morgan fingerprint density at radius 1 is 1.16 bits per heavy atom. The first-order valence-corrected chi connectivity index (χ1v) is 10.8. The van der Waals surface area contributed by atoms with E-state index in [1.807, 2.05) is 18.2 Å². The summed E-state index contributed by atoms with van der Waals surface area (Å²) < 4.78 is 5.00. The third-order valence-electron chi connectivity index (χ3n) is 5.19. The van der Waals surface area contributed by atoms with Gasteiger partial charge in [0, 0.05) is 19.2 Å². The van der Waals surface area contributed by atoms with Gasteiger partial charge in [-0.15, -0.1) is 0 Å². The predicted octanol–water partition coefficient (Wildman–Crippen LogP) is 4.93. The molecule has 2 aromatic rings. The van der Waals surface area contributed by atoms with Crippen molar-refractivity contribution in [3.63, 3.8) is 0 Å². The van der Waals surface area contributed by atoms with Crippen LogP contribution in [0.4, 0.5) is 22.0 Å². The molecule has 2 amide bonds. The van der Waals surface area contributed by atoms with Crippen molar-refractivity contribution in [3.05, 3.63) is 35.6 Å². The van der Waals surface area contributed by atoms with Crippen LogP contribution in [0.1, 0.15) is 51.4 Å². The minimum atomic E-state index is -0.774. The molecule has 1 fully saturated rings. The number of aromatic nitrogens is 1. The number of amides is 2. The van der Waals surface area contributed by atoms with E-state index in [0.29, 0.717) is 35.5 Å². The highest BCUT2D eigenvalue weighted by atomic mass is 16.5. The van der Waals surface area contributed by atoms with Crippen LogP contribution < -0.4 is 15.5 Å². The second-order valence-electron chi connectivity index (χ2n) is 9.16. The van der Waals surface area contributed by atoms with Crippen LogP contribution in [0.15, 0.2) is 28.8 Å². The molecule has 0 unspecified atom stereocenters. The molecule has 1 aliphatic rings. The van der Waals surface area contributed by atoms with Crippen LogP contribution in [0.25, 0.3) is 0 Å². The van der Waals surface area contributed by atoms with Crippen molar-refractivity contribution >= 4 is 29.2 Å². The van der Waals surface area contributed by atoms with Crippen LogP contribution >= 0.6 is 0 Å². The monoisotopic (exact) mass is 428 g/mol. The van der Waals surface area contributed by atoms with Crippen molar-refractivity contribution < 1.29 is 19.2 Å². The Bertz CT molecular complexity index is 927. The van der Waals surface area contributed by atoms with Crippen molar-refractivity contribution in [2.45, 2.75) is 47.0 Å². The molecule has 1 saturated carbocycles. The van der Waals surface area contributed by atoms with E-state index in [1.54, 1.807) is 13.0 Å². The van der Waals surface area contributed by atoms with Gasteiger partial charge >= 0.3 is 12.0 Å². The molecule has 8 nitrogen and oxygen atoms in total. The summed E-state index contributed by atoms with van der Waals surface area (Å²) in [6.07, 6.45) is 0.625. The highest BCUT2D eigenvalue weighted by Gasteiger charge is 2.44. The third kappa shape index (κ3) is 5.99. The molecule has 2 atom stereocenters. The predicted molar refractivity (Wildman–Crippen MR) is 121 cm³/mol. The van der Waals surface area contributed by atoms with Gasteiger partial charge in [0.1, 0.15) is 5.76 Å². The van der Waals surface area contributed by atoms with Gasteiger partial charge in [0.05, 0.1) is 17.3 Å². The first-order chi connectivity index (χ1) is 14.6. The van der Waals surface area contributed by atoms with E-state index < -0.39 is 12.0 Å². The van der Waals surface area contributed by atoms with Crippen molar-refractivity contribution in [3.8, 4) is 0 Å². The number of rotatable bonds is 9. The molecule has 0 bridgehead atoms. The number of carbonyl (C=O) groups excluding carboxylic acids is 1. The molecule has 8 heteroatoms. The van der Waals surface area contributed by atoms with Crippen LogP contribution in [0, 0.1) is 24.7 Å². The van der Waals surface area contributed by atoms with E-state index in [4.69, 9.17) is 4.52 Å². The summed E-state index contributed by atoms with van der Waals surface area (Å²) in [5.74, 6) is 0.679. The Labute approximate surface area is 183 Å². The van der Waals surface area contributed by atoms with E-state index >= 15 is 0 Å². The molecule has 1 heterocycles. The van der Waals surface area contributed by atoms with Crippen LogP contribution in [0.2, 0.25) is 0 Å². The number of benzene rings is 1. The number of aliphatic carboxylic acids is 1. The molecule has 0 radical (unpaired) electrons. The number of hydrogen-bond donors (Lipinski definition) is 3. The maximum absolute atomic E-state index is 12.7. The highest BCUT2D eigenvalue weighted by Crippen LogP contribution is 2.49. The summed E-state index contributed by atoms with van der Waals surface area (Å²) in [4.78, 5) is 26.3. The minimum Gasteiger partial charge on any atom is -0.481 e. The fraction of sp³-hybridized carbons (Fsp3) is 0.522. The topological polar surface area (TPSA) is 108 Å². The average Bonchev–Trinajstić information content (AvgIpc) is 3.37. The van der Waals surface area contributed by atoms with Crippen molar-refractivity contribution in [1.82, 2.24) is 5.16 Å². The fourth-order valence-electron chi connectivity index (χ4n) is 3.84. The van der Waals surface area contributed by atoms with E-state index in [-0.39, 0.29) is 11.8 Å². The number of aryl methyl sites for hydroxylation is 1. The van der Waals surface area contributed by atoms with Crippen LogP contribution in [-0.2, 0) is 4.79 Å². The maximum Gasteiger partial charge on any atom is 0.325 e. The van der Waals surface area contributed by atoms with Crippen molar-refractivity contribution in [2.24, 2.45) is 17.8 Å². The van der Waals surface area contributed by atoms with Gasteiger partial charge in [0.2, 0.25) is 0 Å². The Hall–Kier alpha value is -3.03. The summed E-state index contributed by atoms with van der Waals surface area (Å²) in [6.45, 7) is 12.1. The summed E-state index contributed by atoms with van der Waals surface area (Å²) in [7, 11) is 0. The van der Waals surface area contributed by atoms with Gasteiger partial charge in [-0.25, -0.2) is 4.79 Å². The normalized spacial score (nSPS) is 17.6. The smallest absolute Gasteiger partial charge is 0.325 e. The molecular weight excluding hydrogens is 396 g/mol. The molecule has 1 aromatic carbocycles. The molecule has 1 aromatic heterocycles. The number of nitrogens with one attached hydrogen (secondary N) is 2. The lowest BCUT2D eigenvalue weighted by Crippen LogP contribution is -2.32. The van der Waals surface area contributed by atoms with E-state index in [2.05, 4.69) is 48.4 Å². The molecular formula is C23H32N4O4. The fourth-order valence-corrected chi connectivity index (χ4v) is 3.84. The number of urea groups is 1. The van der Waals surface area contributed by atoms with Gasteiger partial charge in [-0.3, -0.25) is 10.1 Å². The Kier molecular flexibility index (Phi) is 6.87. The van der Waals surface area contributed by atoms with Crippen molar-refractivity contribution in [1.29, 1.82) is 0 Å². The highest BCUT2D eigenvalue weighted by molar-refractivity contribution is 6.01. The molecule has 0 spiro atoms. The second kappa shape index (κ2) is 9.41. The zero-order valence-corrected chi connectivity index (χ0v) is 18.8. The lowest BCUT2D eigenvalue weighted by molar-refractivity contribution is -0.138. The summed E-state index contributed by atoms with van der Waals surface area (Å²) in [5.41, 5.74) is 2.51. The zero-order chi connectivity index (χ0) is 22.7. The third-order valence-corrected chi connectivity index (χ3v) is 5.19. The van der Waals surface area contributed by atoms with Gasteiger partial charge in [0.15, 0.2) is 5.82 Å². The largest absolute Gasteiger partial charge is 0.481 e. The number of carboxylic acid groups (broad SMARTS) is 1. The standard InChI is InChI=1S/C23H32N4O4/c1-13(2)11-27(12-14(3)4)20-7-6-16(17-10-18(17)22(28)29)9-19(20)24-23(30)25-21-8-15(5)31-26-21/h6-9,13-14,17-18H,10-12H2,1-5H3,(H,28,29)(H2,24,25,26,30)/t17-,18-/m0/s1. The van der Waals surface area contributed by atoms with Gasteiger partial charge < -0.3 is 19.8 Å². The molecule has 31 heavy (non-hydrogen) atoms. The van der Waals surface area contributed by atoms with Gasteiger partial charge in [0.25, 0.3) is 0 Å². The first-order valence-electron chi connectivity index (χ1n) is 10.8. The molecule has 0 saturated heterocycles. The summed E-state index contributed by atoms with van der Waals surface area (Å²) in [5, 5.41) is 18.7. The van der Waals surface area contributed by atoms with Crippen LogP contribution in [0.3, 0.4) is 0 Å². The number of anilines is 3. The molecule has 168 valence electrons. The van der Waals surface area contributed by atoms with Crippen molar-refractivity contribution in [2.75, 3.05) is 28.6 Å². The Balaban J connectivity index is 1.89. The van der Waals surface area contributed by atoms with Gasteiger partial charge in [-0.05, 0) is 48.8 Å². The van der Waals surface area contributed by atoms with E-state index in [0.717, 1.165) is 24.3 Å². The number of carbonyl (C=O) groups is 2. The number of hydrogen-bond acceptors (Lipinski definition) is 5. The summed E-state index contributed by atoms with van der Waals surface area (Å²) in [6, 6.07) is 7.10. The average molecular weight is 429 g/mol. The molecule has 1 aliphatic carbocycles. The van der Waals surface area contributed by atoms with Gasteiger partial charge in [-0.2, -0.15) is 0 Å². The molecule has 0 aliphatic heterocycles. The van der Waals surface area contributed by atoms with Crippen LogP contribution in [0.5, 0.6) is 0 Å². The summed E-state index contributed by atoms with van der Waals surface area (Å²) >= 11 is 0. The minimum absolute atomic E-state index is 0.0167. The lowest BCUT2D eigenvalue weighted by Gasteiger charge is -2.30. The molecule has 3 N–H and O–H groups in total. The number of carboxylic acids is 1. The molecule has 3 rings (SSSR count). The number of nitrogens with zero attached hydrogens (tertiary/aromatic N) is 2. The SMILES string of the molecule is Cc1cc(NC(=O)Nc2cc([C@@H]3C[C@@H]3C(=O)O)ccc2N(CC(C)C)CC(C)C)no1. The van der Waals surface area contributed by atoms with E-state index in [9.17, 15) is 14.7 Å². The van der Waals surface area contributed by atoms with E-state index in [1.165, 1.54) is 0 Å². The van der Waals surface area contributed by atoms with Crippen LogP contribution in [-0.4, -0.2) is 35.4 Å².